The molecule has 0 aromatic carbocycles. The lowest BCUT2D eigenvalue weighted by Crippen LogP contribution is -2.52. The number of nitrogens with zero attached hydrogens (tertiary/aromatic N) is 1. The predicted molar refractivity (Wildman–Crippen MR) is 213 cm³/mol. The van der Waals surface area contributed by atoms with E-state index in [4.69, 9.17) is 62.6 Å². The number of hydrogen-bond acceptors (Lipinski definition) is 18. The van der Waals surface area contributed by atoms with Gasteiger partial charge in [-0.3, -0.25) is 33.7 Å². The third-order valence-electron chi connectivity index (χ3n) is 7.71. The van der Waals surface area contributed by atoms with Gasteiger partial charge in [0, 0.05) is 32.2 Å². The van der Waals surface area contributed by atoms with Gasteiger partial charge in [-0.05, 0) is 6.42 Å². The van der Waals surface area contributed by atoms with Crippen LogP contribution in [0.4, 0.5) is 0 Å². The van der Waals surface area contributed by atoms with Crippen LogP contribution in [-0.4, -0.2) is 225 Å². The maximum absolute atomic E-state index is 12.7. The summed E-state index contributed by atoms with van der Waals surface area (Å²) in [5, 5.41) is 7.13. The Morgan fingerprint density at radius 2 is 0.836 bits per heavy atom. The Labute approximate surface area is 357 Å². The van der Waals surface area contributed by atoms with Crippen molar-refractivity contribution in [2.45, 2.75) is 18.9 Å². The van der Waals surface area contributed by atoms with Crippen molar-refractivity contribution >= 4 is 35.4 Å². The van der Waals surface area contributed by atoms with Crippen LogP contribution < -0.4 is 21.7 Å². The smallest absolute Gasteiger partial charge is 0.254 e. The van der Waals surface area contributed by atoms with Gasteiger partial charge in [0.1, 0.15) is 6.04 Å². The molecule has 6 amide bonds. The first kappa shape index (κ1) is 55.3. The molecule has 5 N–H and O–H groups in total. The fraction of sp³-hybridized carbons (Fsp3) is 0.789. The molecule has 0 radical (unpaired) electrons. The van der Waals surface area contributed by atoms with E-state index >= 15 is 0 Å². The zero-order valence-electron chi connectivity index (χ0n) is 35.4. The molecule has 0 spiro atoms. The predicted octanol–water partition coefficient (Wildman–Crippen LogP) is -3.28. The molecule has 0 bridgehead atoms. The fourth-order valence-electron chi connectivity index (χ4n) is 4.67. The van der Waals surface area contributed by atoms with Gasteiger partial charge >= 0.3 is 0 Å². The van der Waals surface area contributed by atoms with Crippen LogP contribution in [0.5, 0.6) is 0 Å². The van der Waals surface area contributed by atoms with Gasteiger partial charge in [-0.2, -0.15) is 0 Å². The van der Waals surface area contributed by atoms with E-state index in [0.29, 0.717) is 139 Å². The molecule has 23 heteroatoms. The van der Waals surface area contributed by atoms with Gasteiger partial charge in [-0.25, -0.2) is 0 Å². The molecule has 0 aliphatic carbocycles. The molecule has 0 aromatic rings. The Morgan fingerprint density at radius 1 is 0.492 bits per heavy atom. The third-order valence-corrected chi connectivity index (χ3v) is 7.71. The van der Waals surface area contributed by atoms with E-state index in [-0.39, 0.29) is 38.5 Å². The number of ether oxygens (including phenoxy) is 12. The monoisotopic (exact) mass is 881 g/mol. The molecule has 61 heavy (non-hydrogen) atoms. The van der Waals surface area contributed by atoms with Gasteiger partial charge in [-0.15, -0.1) is 0 Å². The molecule has 0 aromatic heterocycles. The highest BCUT2D eigenvalue weighted by Crippen LogP contribution is 2.12. The number of nitrogens with one attached hydrogen (secondary N) is 3. The molecule has 1 aliphatic heterocycles. The molecule has 23 nitrogen and oxygen atoms in total. The van der Waals surface area contributed by atoms with E-state index in [1.807, 2.05) is 0 Å². The second-order valence-corrected chi connectivity index (χ2v) is 12.5. The van der Waals surface area contributed by atoms with Crippen LogP contribution in [0.15, 0.2) is 12.2 Å². The highest BCUT2D eigenvalue weighted by Gasteiger charge is 2.35. The summed E-state index contributed by atoms with van der Waals surface area (Å²) in [6, 6.07) is -1.28. The molecule has 1 rings (SSSR count). The first-order valence-electron chi connectivity index (χ1n) is 20.2. The molecule has 1 unspecified atom stereocenters. The Kier molecular flexibility index (Phi) is 36.6. The third kappa shape index (κ3) is 33.6. The molecular weight excluding hydrogens is 814 g/mol. The van der Waals surface area contributed by atoms with Crippen LogP contribution >= 0.6 is 0 Å². The van der Waals surface area contributed by atoms with Gasteiger partial charge in [0.25, 0.3) is 11.8 Å². The number of nitrogens with two attached hydrogens (primary N) is 1. The van der Waals surface area contributed by atoms with E-state index in [9.17, 15) is 28.8 Å². The van der Waals surface area contributed by atoms with E-state index in [1.165, 1.54) is 0 Å². The van der Waals surface area contributed by atoms with Crippen LogP contribution in [-0.2, 0) is 85.6 Å². The highest BCUT2D eigenvalue weighted by atomic mass is 16.6. The zero-order valence-corrected chi connectivity index (χ0v) is 35.4. The molecule has 0 fully saturated rings. The number of primary amides is 1. The van der Waals surface area contributed by atoms with Crippen LogP contribution in [0.3, 0.4) is 0 Å². The standard InChI is InChI=1S/C38H67N5O18/c1-50-8-9-52-12-13-54-16-17-56-20-21-58-24-25-60-28-29-61-27-26-59-23-22-57-19-18-55-15-14-53-11-10-51-7-5-34(45)40-6-4-32(43-36(47)2-3-37(43)48)38(49)42-31-35(46)41-30-33(39)44/h2-3,32H,4-31H2,1H3,(H2,39,44)(H,40,45)(H,41,46)(H,42,49). The number of carbonyl (C=O) groups excluding carboxylic acids is 6. The lowest BCUT2D eigenvalue weighted by molar-refractivity contribution is -0.145. The Bertz CT molecular complexity index is 1200. The highest BCUT2D eigenvalue weighted by molar-refractivity contribution is 6.15. The minimum Gasteiger partial charge on any atom is -0.382 e. The van der Waals surface area contributed by atoms with Crippen LogP contribution in [0.25, 0.3) is 0 Å². The van der Waals surface area contributed by atoms with E-state index in [1.54, 1.807) is 7.11 Å². The van der Waals surface area contributed by atoms with Crippen molar-refractivity contribution in [2.24, 2.45) is 5.73 Å². The average molecular weight is 882 g/mol. The Morgan fingerprint density at radius 3 is 1.18 bits per heavy atom. The fourth-order valence-corrected chi connectivity index (χ4v) is 4.67. The molecule has 1 heterocycles. The summed E-state index contributed by atoms with van der Waals surface area (Å²) < 4.78 is 64.7. The summed E-state index contributed by atoms with van der Waals surface area (Å²) in [6.45, 7) is 9.12. The minimum atomic E-state index is -1.28. The lowest BCUT2D eigenvalue weighted by Gasteiger charge is -2.25. The minimum absolute atomic E-state index is 0.0269. The molecule has 1 atom stereocenters. The van der Waals surface area contributed by atoms with Crippen molar-refractivity contribution in [1.82, 2.24) is 20.9 Å². The molecule has 0 saturated carbocycles. The average Bonchev–Trinajstić information content (AvgIpc) is 3.58. The molecule has 0 saturated heterocycles. The SMILES string of the molecule is COCCOCCOCCOCCOCCOCCOCCOCCOCCOCCOCCOCCC(=O)NCCC(C(=O)NCC(=O)NCC(N)=O)N1C(=O)C=CC1=O. The molecule has 352 valence electrons. The van der Waals surface area contributed by atoms with Crippen molar-refractivity contribution in [3.8, 4) is 0 Å². The lowest BCUT2D eigenvalue weighted by atomic mass is 10.1. The van der Waals surface area contributed by atoms with Crippen LogP contribution in [0, 0.1) is 0 Å². The van der Waals surface area contributed by atoms with Crippen molar-refractivity contribution in [3.05, 3.63) is 12.2 Å². The van der Waals surface area contributed by atoms with Crippen molar-refractivity contribution in [2.75, 3.05) is 179 Å². The van der Waals surface area contributed by atoms with Gasteiger partial charge in [-0.1, -0.05) is 0 Å². The second-order valence-electron chi connectivity index (χ2n) is 12.5. The molecule has 1 aliphatic rings. The summed E-state index contributed by atoms with van der Waals surface area (Å²) in [7, 11) is 1.63. The first-order chi connectivity index (χ1) is 29.8. The number of hydrogen-bond donors (Lipinski definition) is 4. The van der Waals surface area contributed by atoms with Gasteiger partial charge < -0.3 is 78.5 Å². The van der Waals surface area contributed by atoms with Crippen molar-refractivity contribution < 1.29 is 85.6 Å². The maximum Gasteiger partial charge on any atom is 0.254 e. The Hall–Kier alpha value is -3.72. The number of carbonyl (C=O) groups is 6. The second kappa shape index (κ2) is 40.4. The Balaban J connectivity index is 1.85. The topological polar surface area (TPSA) is 279 Å². The number of rotatable bonds is 45. The van der Waals surface area contributed by atoms with E-state index in [2.05, 4.69) is 16.0 Å². The first-order valence-corrected chi connectivity index (χ1v) is 20.2. The van der Waals surface area contributed by atoms with Gasteiger partial charge in [0.2, 0.25) is 23.6 Å². The van der Waals surface area contributed by atoms with Crippen molar-refractivity contribution in [1.29, 1.82) is 0 Å². The quantitative estimate of drug-likeness (QED) is 0.0345. The van der Waals surface area contributed by atoms with E-state index < -0.39 is 48.7 Å². The summed E-state index contributed by atoms with van der Waals surface area (Å²) in [5.74, 6) is -4.02. The van der Waals surface area contributed by atoms with E-state index in [0.717, 1.165) is 17.1 Å². The maximum atomic E-state index is 12.7. The summed E-state index contributed by atoms with van der Waals surface area (Å²) in [6.07, 6.45) is 1.97. The zero-order chi connectivity index (χ0) is 44.4. The van der Waals surface area contributed by atoms with Crippen LogP contribution in [0.1, 0.15) is 12.8 Å². The summed E-state index contributed by atoms with van der Waals surface area (Å²) in [4.78, 5) is 72.7. The number of methoxy groups -OCH3 is 1. The van der Waals surface area contributed by atoms with Crippen molar-refractivity contribution in [3.63, 3.8) is 0 Å². The number of amides is 6. The largest absolute Gasteiger partial charge is 0.382 e. The van der Waals surface area contributed by atoms with Gasteiger partial charge in [0.05, 0.1) is 165 Å². The van der Waals surface area contributed by atoms with Gasteiger partial charge in [0.15, 0.2) is 0 Å². The summed E-state index contributed by atoms with van der Waals surface area (Å²) >= 11 is 0. The molecular formula is C38H67N5O18. The normalized spacial score (nSPS) is 12.9. The summed E-state index contributed by atoms with van der Waals surface area (Å²) in [5.41, 5.74) is 4.97. The van der Waals surface area contributed by atoms with Crippen LogP contribution in [0.2, 0.25) is 0 Å². The number of imide groups is 1.